The minimum Gasteiger partial charge on any atom is -0.481 e. The molecular formula is C21H20ClN5O6. The maximum atomic E-state index is 12.3. The van der Waals surface area contributed by atoms with Crippen molar-refractivity contribution < 1.29 is 24.6 Å². The van der Waals surface area contributed by atoms with Crippen molar-refractivity contribution in [2.75, 3.05) is 11.1 Å². The quantitative estimate of drug-likeness (QED) is 0.269. The number of nitrogens with zero attached hydrogens (tertiary/aromatic N) is 1. The molecule has 0 unspecified atom stereocenters. The highest BCUT2D eigenvalue weighted by Gasteiger charge is 2.21. The molecule has 1 heterocycles. The van der Waals surface area contributed by atoms with Gasteiger partial charge >= 0.3 is 11.9 Å². The van der Waals surface area contributed by atoms with E-state index in [1.54, 1.807) is 24.3 Å². The van der Waals surface area contributed by atoms with E-state index < -0.39 is 29.4 Å². The molecule has 1 atom stereocenters. The molecule has 0 saturated carbocycles. The number of amides is 1. The van der Waals surface area contributed by atoms with Gasteiger partial charge in [-0.25, -0.2) is 9.78 Å². The first-order valence-corrected chi connectivity index (χ1v) is 10.1. The smallest absolute Gasteiger partial charge is 0.326 e. The molecule has 1 aromatic heterocycles. The van der Waals surface area contributed by atoms with Gasteiger partial charge in [-0.1, -0.05) is 17.7 Å². The molecule has 0 bridgehead atoms. The van der Waals surface area contributed by atoms with Crippen molar-refractivity contribution in [2.45, 2.75) is 25.4 Å². The number of aromatic amines is 1. The maximum Gasteiger partial charge on any atom is 0.326 e. The third-order valence-corrected chi connectivity index (χ3v) is 5.22. The number of carbonyl (C=O) groups is 3. The predicted octanol–water partition coefficient (Wildman–Crippen LogP) is 1.82. The molecule has 7 N–H and O–H groups in total. The lowest BCUT2D eigenvalue weighted by Crippen LogP contribution is -2.41. The van der Waals surface area contributed by atoms with Crippen LogP contribution in [0.5, 0.6) is 0 Å². The van der Waals surface area contributed by atoms with E-state index in [1.807, 2.05) is 0 Å². The average Bonchev–Trinajstić information content (AvgIpc) is 2.75. The van der Waals surface area contributed by atoms with E-state index >= 15 is 0 Å². The molecule has 0 aliphatic carbocycles. The highest BCUT2D eigenvalue weighted by molar-refractivity contribution is 6.36. The second-order valence-corrected chi connectivity index (χ2v) is 7.49. The summed E-state index contributed by atoms with van der Waals surface area (Å²) in [4.78, 5) is 52.8. The van der Waals surface area contributed by atoms with E-state index in [0.29, 0.717) is 16.8 Å². The number of halogens is 1. The molecule has 0 aliphatic heterocycles. The molecule has 3 rings (SSSR count). The number of hydrogen-bond acceptors (Lipinski definition) is 7. The first kappa shape index (κ1) is 23.5. The van der Waals surface area contributed by atoms with Crippen LogP contribution in [-0.2, 0) is 16.1 Å². The van der Waals surface area contributed by atoms with Crippen LogP contribution >= 0.6 is 11.6 Å². The van der Waals surface area contributed by atoms with Gasteiger partial charge in [0.25, 0.3) is 11.5 Å². The van der Waals surface area contributed by atoms with E-state index in [9.17, 15) is 19.2 Å². The van der Waals surface area contributed by atoms with Crippen LogP contribution in [0, 0.1) is 0 Å². The predicted molar refractivity (Wildman–Crippen MR) is 121 cm³/mol. The Morgan fingerprint density at radius 1 is 1.12 bits per heavy atom. The number of nitrogens with one attached hydrogen (secondary N) is 3. The molecule has 33 heavy (non-hydrogen) atoms. The second kappa shape index (κ2) is 10.0. The zero-order valence-electron chi connectivity index (χ0n) is 17.1. The van der Waals surface area contributed by atoms with Crippen LogP contribution in [0.2, 0.25) is 5.02 Å². The SMILES string of the molecule is Nc1nc2ccc(CNc3ccc(C(=O)N[C@@H](CCC(=O)O)C(=O)O)cc3)c(Cl)c2c(=O)[nH]1. The Balaban J connectivity index is 1.67. The minimum atomic E-state index is -1.31. The van der Waals surface area contributed by atoms with Gasteiger partial charge in [-0.2, -0.15) is 0 Å². The van der Waals surface area contributed by atoms with E-state index in [2.05, 4.69) is 20.6 Å². The number of H-pyrrole nitrogens is 1. The summed E-state index contributed by atoms with van der Waals surface area (Å²) in [6, 6.07) is 8.27. The molecule has 0 fully saturated rings. The summed E-state index contributed by atoms with van der Waals surface area (Å²) in [5.74, 6) is -3.10. The van der Waals surface area contributed by atoms with Crippen LogP contribution in [0.1, 0.15) is 28.8 Å². The number of nitrogen functional groups attached to an aromatic ring is 1. The monoisotopic (exact) mass is 473 g/mol. The normalized spacial score (nSPS) is 11.7. The van der Waals surface area contributed by atoms with Gasteiger partial charge in [0.05, 0.1) is 15.9 Å². The van der Waals surface area contributed by atoms with Crippen LogP contribution in [-0.4, -0.2) is 44.1 Å². The minimum absolute atomic E-state index is 0.00451. The van der Waals surface area contributed by atoms with Gasteiger partial charge in [0.1, 0.15) is 6.04 Å². The Labute approximate surface area is 191 Å². The lowest BCUT2D eigenvalue weighted by molar-refractivity contribution is -0.140. The second-order valence-electron chi connectivity index (χ2n) is 7.11. The molecule has 172 valence electrons. The fraction of sp³-hybridized carbons (Fsp3) is 0.190. The van der Waals surface area contributed by atoms with E-state index in [4.69, 9.17) is 27.5 Å². The zero-order valence-corrected chi connectivity index (χ0v) is 17.8. The number of aromatic nitrogens is 2. The first-order chi connectivity index (χ1) is 15.7. The van der Waals surface area contributed by atoms with Crippen LogP contribution in [0.25, 0.3) is 10.9 Å². The average molecular weight is 474 g/mol. The van der Waals surface area contributed by atoms with E-state index in [1.165, 1.54) is 12.1 Å². The molecule has 0 aliphatic rings. The number of carbonyl (C=O) groups excluding carboxylic acids is 1. The number of anilines is 2. The lowest BCUT2D eigenvalue weighted by Gasteiger charge is -2.14. The third kappa shape index (κ3) is 5.77. The van der Waals surface area contributed by atoms with Crippen molar-refractivity contribution in [3.63, 3.8) is 0 Å². The van der Waals surface area contributed by atoms with Crippen molar-refractivity contribution in [3.05, 3.63) is 62.9 Å². The Hall–Kier alpha value is -4.12. The number of hydrogen-bond donors (Lipinski definition) is 6. The Morgan fingerprint density at radius 3 is 2.45 bits per heavy atom. The number of rotatable bonds is 9. The Bertz CT molecular complexity index is 1270. The summed E-state index contributed by atoms with van der Waals surface area (Å²) < 4.78 is 0. The van der Waals surface area contributed by atoms with Crippen molar-refractivity contribution in [1.29, 1.82) is 0 Å². The number of carboxylic acid groups (broad SMARTS) is 2. The summed E-state index contributed by atoms with van der Waals surface area (Å²) in [5.41, 5.74) is 6.98. The van der Waals surface area contributed by atoms with E-state index in [0.717, 1.165) is 0 Å². The van der Waals surface area contributed by atoms with Gasteiger partial charge in [-0.15, -0.1) is 0 Å². The Morgan fingerprint density at radius 2 is 1.82 bits per heavy atom. The number of aliphatic carboxylic acids is 2. The summed E-state index contributed by atoms with van der Waals surface area (Å²) in [7, 11) is 0. The summed E-state index contributed by atoms with van der Waals surface area (Å²) in [6.45, 7) is 0.278. The van der Waals surface area contributed by atoms with Crippen molar-refractivity contribution in [1.82, 2.24) is 15.3 Å². The van der Waals surface area contributed by atoms with Crippen molar-refractivity contribution >= 4 is 52.0 Å². The Kier molecular flexibility index (Phi) is 7.13. The molecule has 12 heteroatoms. The molecular weight excluding hydrogens is 454 g/mol. The number of nitrogens with two attached hydrogens (primary N) is 1. The molecule has 0 saturated heterocycles. The highest BCUT2D eigenvalue weighted by Crippen LogP contribution is 2.25. The standard InChI is InChI=1S/C21H20ClN5O6/c22-17-11(3-6-13-16(17)19(31)27-21(23)26-13)9-24-12-4-1-10(2-5-12)18(30)25-14(20(32)33)7-8-15(28)29/h1-6,14,24H,7-9H2,(H,25,30)(H,28,29)(H,32,33)(H3,23,26,27,31)/t14-/m0/s1. The van der Waals surface area contributed by atoms with Crippen molar-refractivity contribution in [2.24, 2.45) is 0 Å². The molecule has 3 aromatic rings. The summed E-state index contributed by atoms with van der Waals surface area (Å²) in [5, 5.41) is 23.8. The maximum absolute atomic E-state index is 12.3. The number of carboxylic acids is 2. The number of benzene rings is 2. The van der Waals surface area contributed by atoms with Gasteiger partial charge in [-0.05, 0) is 42.3 Å². The third-order valence-electron chi connectivity index (χ3n) is 4.79. The summed E-state index contributed by atoms with van der Waals surface area (Å²) >= 11 is 6.37. The van der Waals surface area contributed by atoms with Gasteiger partial charge in [-0.3, -0.25) is 19.4 Å². The van der Waals surface area contributed by atoms with Crippen LogP contribution in [0.3, 0.4) is 0 Å². The van der Waals surface area contributed by atoms with Crippen molar-refractivity contribution in [3.8, 4) is 0 Å². The molecule has 2 aromatic carbocycles. The van der Waals surface area contributed by atoms with Crippen LogP contribution in [0.4, 0.5) is 11.6 Å². The molecule has 11 nitrogen and oxygen atoms in total. The molecule has 0 radical (unpaired) electrons. The van der Waals surface area contributed by atoms with Gasteiger partial charge in [0.15, 0.2) is 0 Å². The fourth-order valence-electron chi connectivity index (χ4n) is 3.09. The zero-order chi connectivity index (χ0) is 24.1. The molecule has 1 amide bonds. The fourth-order valence-corrected chi connectivity index (χ4v) is 3.41. The largest absolute Gasteiger partial charge is 0.481 e. The first-order valence-electron chi connectivity index (χ1n) is 9.72. The summed E-state index contributed by atoms with van der Waals surface area (Å²) in [6.07, 6.45) is -0.611. The lowest BCUT2D eigenvalue weighted by atomic mass is 10.1. The molecule has 0 spiro atoms. The van der Waals surface area contributed by atoms with E-state index in [-0.39, 0.29) is 41.3 Å². The highest BCUT2D eigenvalue weighted by atomic mass is 35.5. The topological polar surface area (TPSA) is 187 Å². The number of fused-ring (bicyclic) bond motifs is 1. The van der Waals surface area contributed by atoms with Gasteiger partial charge in [0, 0.05) is 24.2 Å². The van der Waals surface area contributed by atoms with Crippen LogP contribution in [0.15, 0.2) is 41.2 Å². The van der Waals surface area contributed by atoms with Gasteiger partial charge in [0.2, 0.25) is 5.95 Å². The van der Waals surface area contributed by atoms with Crippen LogP contribution < -0.4 is 21.9 Å². The van der Waals surface area contributed by atoms with Gasteiger partial charge < -0.3 is 26.6 Å².